The monoisotopic (exact) mass is 436 g/mol. The highest BCUT2D eigenvalue weighted by molar-refractivity contribution is 6.30. The summed E-state index contributed by atoms with van der Waals surface area (Å²) in [6.07, 6.45) is 3.43. The number of aryl methyl sites for hydroxylation is 1. The first-order valence-corrected chi connectivity index (χ1v) is 11.3. The van der Waals surface area contributed by atoms with Gasteiger partial charge in [0.15, 0.2) is 0 Å². The molecule has 0 unspecified atom stereocenters. The number of aromatic nitrogens is 1. The lowest BCUT2D eigenvalue weighted by atomic mass is 9.99. The molecule has 31 heavy (non-hydrogen) atoms. The molecule has 4 rings (SSSR count). The number of nitrogens with zero attached hydrogens (tertiary/aromatic N) is 2. The molecule has 0 radical (unpaired) electrons. The molecule has 1 saturated heterocycles. The molecular formula is C26H29ClN2O2. The third-order valence-corrected chi connectivity index (χ3v) is 6.42. The molecular weight excluding hydrogens is 408 g/mol. The van der Waals surface area contributed by atoms with Crippen molar-refractivity contribution in [1.29, 1.82) is 0 Å². The second-order valence-electron chi connectivity index (χ2n) is 8.31. The van der Waals surface area contributed by atoms with Gasteiger partial charge in [0.2, 0.25) is 5.91 Å². The van der Waals surface area contributed by atoms with Crippen LogP contribution in [0, 0.1) is 5.92 Å². The lowest BCUT2D eigenvalue weighted by Crippen LogP contribution is -2.38. The Balaban J connectivity index is 1.60. The van der Waals surface area contributed by atoms with E-state index >= 15 is 0 Å². The number of likely N-dealkylation sites (tertiary alicyclic amines) is 1. The van der Waals surface area contributed by atoms with Crippen molar-refractivity contribution in [2.75, 3.05) is 20.2 Å². The molecule has 162 valence electrons. The summed E-state index contributed by atoms with van der Waals surface area (Å²) in [7, 11) is 1.67. The molecule has 1 fully saturated rings. The van der Waals surface area contributed by atoms with E-state index in [1.807, 2.05) is 41.3 Å². The van der Waals surface area contributed by atoms with Crippen LogP contribution in [-0.2, 0) is 11.2 Å². The number of amides is 1. The highest BCUT2D eigenvalue weighted by Crippen LogP contribution is 2.29. The first-order valence-electron chi connectivity index (χ1n) is 10.9. The molecule has 0 spiro atoms. The van der Waals surface area contributed by atoms with Gasteiger partial charge in [-0.25, -0.2) is 0 Å². The number of benzene rings is 2. The molecule has 1 aliphatic heterocycles. The van der Waals surface area contributed by atoms with E-state index in [4.69, 9.17) is 16.3 Å². The first kappa shape index (κ1) is 21.5. The molecule has 0 saturated carbocycles. The van der Waals surface area contributed by atoms with Gasteiger partial charge in [-0.05, 0) is 79.3 Å². The predicted octanol–water partition coefficient (Wildman–Crippen LogP) is 6.00. The van der Waals surface area contributed by atoms with Crippen LogP contribution in [0.15, 0.2) is 60.7 Å². The van der Waals surface area contributed by atoms with Gasteiger partial charge in [-0.2, -0.15) is 0 Å². The molecule has 4 nitrogen and oxygen atoms in total. The number of carbonyl (C=O) groups is 1. The number of piperidine rings is 1. The van der Waals surface area contributed by atoms with E-state index in [1.54, 1.807) is 7.11 Å². The molecule has 0 aliphatic carbocycles. The Kier molecular flexibility index (Phi) is 6.67. The van der Waals surface area contributed by atoms with Crippen LogP contribution in [0.3, 0.4) is 0 Å². The zero-order valence-electron chi connectivity index (χ0n) is 18.2. The quantitative estimate of drug-likeness (QED) is 0.475. The van der Waals surface area contributed by atoms with E-state index in [0.717, 1.165) is 60.2 Å². The molecule has 1 amide bonds. The molecule has 2 aromatic carbocycles. The van der Waals surface area contributed by atoms with Gasteiger partial charge in [0.05, 0.1) is 12.8 Å². The fourth-order valence-corrected chi connectivity index (χ4v) is 4.33. The molecule has 3 aromatic rings. The van der Waals surface area contributed by atoms with Gasteiger partial charge in [0.25, 0.3) is 0 Å². The van der Waals surface area contributed by atoms with Gasteiger partial charge in [-0.15, -0.1) is 0 Å². The number of hydrogen-bond acceptors (Lipinski definition) is 2. The number of ether oxygens (including phenoxy) is 1. The van der Waals surface area contributed by atoms with Crippen molar-refractivity contribution in [3.63, 3.8) is 0 Å². The summed E-state index contributed by atoms with van der Waals surface area (Å²) in [4.78, 5) is 14.8. The van der Waals surface area contributed by atoms with Crippen molar-refractivity contribution in [3.05, 3.63) is 71.4 Å². The number of halogens is 1. The van der Waals surface area contributed by atoms with Crippen LogP contribution >= 0.6 is 11.6 Å². The van der Waals surface area contributed by atoms with Gasteiger partial charge < -0.3 is 14.2 Å². The van der Waals surface area contributed by atoms with E-state index in [9.17, 15) is 4.79 Å². The summed E-state index contributed by atoms with van der Waals surface area (Å²) in [6, 6.07) is 20.1. The second-order valence-corrected chi connectivity index (χ2v) is 8.75. The Morgan fingerprint density at radius 1 is 1.00 bits per heavy atom. The van der Waals surface area contributed by atoms with E-state index in [0.29, 0.717) is 17.9 Å². The van der Waals surface area contributed by atoms with Gasteiger partial charge in [-0.3, -0.25) is 4.79 Å². The van der Waals surface area contributed by atoms with Crippen LogP contribution in [0.4, 0.5) is 0 Å². The smallest absolute Gasteiger partial charge is 0.222 e. The summed E-state index contributed by atoms with van der Waals surface area (Å²) in [5, 5.41) is 0.716. The van der Waals surface area contributed by atoms with E-state index in [-0.39, 0.29) is 5.91 Å². The summed E-state index contributed by atoms with van der Waals surface area (Å²) in [5.41, 5.74) is 4.33. The number of methoxy groups -OCH3 is 1. The maximum atomic E-state index is 12.8. The molecule has 2 heterocycles. The Morgan fingerprint density at radius 2 is 1.68 bits per heavy atom. The Labute approximate surface area is 189 Å². The fourth-order valence-electron chi connectivity index (χ4n) is 4.21. The SMILES string of the molecule is COc1ccc(-n2c(CCC(=O)N3CCC(C)CC3)ccc2-c2ccc(Cl)cc2)cc1. The Morgan fingerprint density at radius 3 is 2.32 bits per heavy atom. The average Bonchev–Trinajstić information content (AvgIpc) is 3.22. The van der Waals surface area contributed by atoms with Crippen molar-refractivity contribution in [2.45, 2.75) is 32.6 Å². The van der Waals surface area contributed by atoms with Crippen molar-refractivity contribution >= 4 is 17.5 Å². The third-order valence-electron chi connectivity index (χ3n) is 6.16. The van der Waals surface area contributed by atoms with Crippen molar-refractivity contribution in [1.82, 2.24) is 9.47 Å². The molecule has 1 aromatic heterocycles. The summed E-state index contributed by atoms with van der Waals surface area (Å²) in [6.45, 7) is 4.03. The highest BCUT2D eigenvalue weighted by Gasteiger charge is 2.21. The van der Waals surface area contributed by atoms with E-state index < -0.39 is 0 Å². The Hall–Kier alpha value is -2.72. The minimum absolute atomic E-state index is 0.252. The molecule has 1 aliphatic rings. The maximum absolute atomic E-state index is 12.8. The average molecular weight is 437 g/mol. The van der Waals surface area contributed by atoms with Crippen LogP contribution in [0.1, 0.15) is 31.9 Å². The van der Waals surface area contributed by atoms with Crippen molar-refractivity contribution in [2.24, 2.45) is 5.92 Å². The minimum atomic E-state index is 0.252. The summed E-state index contributed by atoms with van der Waals surface area (Å²) in [5.74, 6) is 1.79. The predicted molar refractivity (Wildman–Crippen MR) is 126 cm³/mol. The van der Waals surface area contributed by atoms with Gasteiger partial charge in [0.1, 0.15) is 5.75 Å². The zero-order valence-corrected chi connectivity index (χ0v) is 18.9. The van der Waals surface area contributed by atoms with Gasteiger partial charge >= 0.3 is 0 Å². The van der Waals surface area contributed by atoms with Crippen LogP contribution in [-0.4, -0.2) is 35.6 Å². The van der Waals surface area contributed by atoms with E-state index in [2.05, 4.69) is 35.8 Å². The van der Waals surface area contributed by atoms with Crippen LogP contribution in [0.2, 0.25) is 5.02 Å². The van der Waals surface area contributed by atoms with Crippen molar-refractivity contribution in [3.8, 4) is 22.7 Å². The number of rotatable bonds is 6. The molecule has 5 heteroatoms. The van der Waals surface area contributed by atoms with Gasteiger partial charge in [-0.1, -0.05) is 30.7 Å². The van der Waals surface area contributed by atoms with Crippen LogP contribution in [0.25, 0.3) is 16.9 Å². The topological polar surface area (TPSA) is 34.5 Å². The lowest BCUT2D eigenvalue weighted by molar-refractivity contribution is -0.132. The normalized spacial score (nSPS) is 14.6. The minimum Gasteiger partial charge on any atom is -0.497 e. The van der Waals surface area contributed by atoms with Crippen LogP contribution in [0.5, 0.6) is 5.75 Å². The first-order chi connectivity index (χ1) is 15.0. The maximum Gasteiger partial charge on any atom is 0.222 e. The van der Waals surface area contributed by atoms with E-state index in [1.165, 1.54) is 0 Å². The second kappa shape index (κ2) is 9.61. The molecule has 0 bridgehead atoms. The Bertz CT molecular complexity index is 1020. The molecule has 0 N–H and O–H groups in total. The summed E-state index contributed by atoms with van der Waals surface area (Å²) < 4.78 is 7.55. The lowest BCUT2D eigenvalue weighted by Gasteiger charge is -2.30. The van der Waals surface area contributed by atoms with Gasteiger partial charge in [0, 0.05) is 35.9 Å². The summed E-state index contributed by atoms with van der Waals surface area (Å²) >= 11 is 6.10. The highest BCUT2D eigenvalue weighted by atomic mass is 35.5. The fraction of sp³-hybridized carbons (Fsp3) is 0.346. The standard InChI is InChI=1S/C26H29ClN2O2/c1-19-15-17-28(18-16-19)26(30)14-10-23-9-13-25(20-3-5-21(27)6-4-20)29(23)22-7-11-24(31-2)12-8-22/h3-9,11-13,19H,10,14-18H2,1-2H3. The zero-order chi connectivity index (χ0) is 21.8. The largest absolute Gasteiger partial charge is 0.497 e. The third kappa shape index (κ3) is 4.96. The molecule has 0 atom stereocenters. The van der Waals surface area contributed by atoms with Crippen molar-refractivity contribution < 1.29 is 9.53 Å². The number of hydrogen-bond donors (Lipinski definition) is 0. The number of carbonyl (C=O) groups excluding carboxylic acids is 1. The van der Waals surface area contributed by atoms with Crippen LogP contribution < -0.4 is 4.74 Å².